The molecule has 1 aliphatic heterocycles. The van der Waals surface area contributed by atoms with Gasteiger partial charge in [-0.1, -0.05) is 24.3 Å². The van der Waals surface area contributed by atoms with E-state index in [0.29, 0.717) is 11.6 Å². The van der Waals surface area contributed by atoms with Crippen LogP contribution in [0, 0.1) is 0 Å². The summed E-state index contributed by atoms with van der Waals surface area (Å²) in [5.74, 6) is 0.657. The van der Waals surface area contributed by atoms with Gasteiger partial charge in [-0.05, 0) is 50.5 Å². The summed E-state index contributed by atoms with van der Waals surface area (Å²) >= 11 is 0. The van der Waals surface area contributed by atoms with E-state index in [-0.39, 0.29) is 5.69 Å². The van der Waals surface area contributed by atoms with E-state index in [2.05, 4.69) is 46.2 Å². The van der Waals surface area contributed by atoms with Crippen molar-refractivity contribution in [3.63, 3.8) is 0 Å². The molecule has 0 bridgehead atoms. The van der Waals surface area contributed by atoms with Crippen molar-refractivity contribution in [3.8, 4) is 11.3 Å². The zero-order valence-corrected chi connectivity index (χ0v) is 13.2. The van der Waals surface area contributed by atoms with Gasteiger partial charge in [0.05, 0.1) is 5.69 Å². The van der Waals surface area contributed by atoms with Gasteiger partial charge in [0.25, 0.3) is 0 Å². The number of rotatable bonds is 2. The van der Waals surface area contributed by atoms with E-state index < -0.39 is 0 Å². The van der Waals surface area contributed by atoms with Gasteiger partial charge in [0.15, 0.2) is 0 Å². The van der Waals surface area contributed by atoms with Gasteiger partial charge in [-0.25, -0.2) is 9.78 Å². The van der Waals surface area contributed by atoms with Crippen LogP contribution < -0.4 is 5.69 Å². The Morgan fingerprint density at radius 1 is 1.13 bits per heavy atom. The van der Waals surface area contributed by atoms with Gasteiger partial charge in [-0.15, -0.1) is 0 Å². The predicted molar refractivity (Wildman–Crippen MR) is 90.7 cm³/mol. The largest absolute Gasteiger partial charge is 0.331 e. The van der Waals surface area contributed by atoms with Crippen molar-refractivity contribution >= 4 is 5.65 Å². The molecule has 3 heterocycles. The molecule has 1 fully saturated rings. The number of piperidine rings is 1. The number of imidazole rings is 1. The van der Waals surface area contributed by atoms with Crippen LogP contribution in [0.2, 0.25) is 0 Å². The topological polar surface area (TPSA) is 53.4 Å². The van der Waals surface area contributed by atoms with Crippen LogP contribution >= 0.6 is 0 Å². The summed E-state index contributed by atoms with van der Waals surface area (Å²) in [6.45, 7) is 2.34. The van der Waals surface area contributed by atoms with E-state index in [1.165, 1.54) is 31.5 Å². The van der Waals surface area contributed by atoms with Crippen LogP contribution in [-0.2, 0) is 0 Å². The van der Waals surface area contributed by atoms with Crippen molar-refractivity contribution in [3.05, 3.63) is 58.8 Å². The summed E-state index contributed by atoms with van der Waals surface area (Å²) in [4.78, 5) is 21.4. The number of hydrogen-bond donors (Lipinski definition) is 1. The fraction of sp³-hybridized carbons (Fsp3) is 0.333. The van der Waals surface area contributed by atoms with Gasteiger partial charge >= 0.3 is 5.69 Å². The lowest BCUT2D eigenvalue weighted by Crippen LogP contribution is -2.29. The molecule has 23 heavy (non-hydrogen) atoms. The van der Waals surface area contributed by atoms with Crippen LogP contribution in [0.5, 0.6) is 0 Å². The van der Waals surface area contributed by atoms with E-state index in [1.54, 1.807) is 22.9 Å². The number of aromatic nitrogens is 3. The molecule has 1 aromatic carbocycles. The van der Waals surface area contributed by atoms with E-state index in [0.717, 1.165) is 11.3 Å². The molecule has 1 N–H and O–H groups in total. The smallest absolute Gasteiger partial charge is 0.314 e. The Bertz CT molecular complexity index is 870. The van der Waals surface area contributed by atoms with E-state index in [1.807, 2.05) is 0 Å². The summed E-state index contributed by atoms with van der Waals surface area (Å²) in [6.07, 6.45) is 5.86. The quantitative estimate of drug-likeness (QED) is 0.791. The normalized spacial score (nSPS) is 16.9. The molecule has 4 rings (SSSR count). The molecule has 0 unspecified atom stereocenters. The molecule has 1 saturated heterocycles. The molecule has 5 heteroatoms. The Morgan fingerprint density at radius 2 is 1.87 bits per heavy atom. The second-order valence-corrected chi connectivity index (χ2v) is 6.34. The van der Waals surface area contributed by atoms with Crippen LogP contribution in [-0.4, -0.2) is 39.4 Å². The number of nitrogens with one attached hydrogen (secondary N) is 1. The molecule has 0 radical (unpaired) electrons. The Balaban J connectivity index is 1.62. The minimum absolute atomic E-state index is 0.163. The maximum Gasteiger partial charge on any atom is 0.331 e. The van der Waals surface area contributed by atoms with Crippen LogP contribution in [0.25, 0.3) is 16.9 Å². The third-order valence-electron chi connectivity index (χ3n) is 4.79. The number of H-pyrrole nitrogens is 1. The average molecular weight is 308 g/mol. The second-order valence-electron chi connectivity index (χ2n) is 6.34. The van der Waals surface area contributed by atoms with Gasteiger partial charge in [-0.3, -0.25) is 4.40 Å². The first kappa shape index (κ1) is 14.2. The number of aromatic amines is 1. The van der Waals surface area contributed by atoms with Gasteiger partial charge in [0, 0.05) is 18.0 Å². The first-order valence-electron chi connectivity index (χ1n) is 8.06. The van der Waals surface area contributed by atoms with E-state index >= 15 is 0 Å². The maximum absolute atomic E-state index is 11.8. The Kier molecular flexibility index (Phi) is 3.50. The number of nitrogens with zero attached hydrogens (tertiary/aromatic N) is 3. The molecule has 118 valence electrons. The van der Waals surface area contributed by atoms with Gasteiger partial charge in [0.1, 0.15) is 5.65 Å². The molecule has 0 amide bonds. The number of hydrogen-bond acceptors (Lipinski definition) is 3. The summed E-state index contributed by atoms with van der Waals surface area (Å²) in [5, 5.41) is 0. The monoisotopic (exact) mass is 308 g/mol. The van der Waals surface area contributed by atoms with E-state index in [9.17, 15) is 4.79 Å². The zero-order chi connectivity index (χ0) is 15.8. The first-order chi connectivity index (χ1) is 11.2. The lowest BCUT2D eigenvalue weighted by molar-refractivity contribution is 0.255. The molecule has 0 saturated carbocycles. The van der Waals surface area contributed by atoms with Crippen LogP contribution in [0.4, 0.5) is 0 Å². The summed E-state index contributed by atoms with van der Waals surface area (Å²) in [6, 6.07) is 10.4. The predicted octanol–water partition coefficient (Wildman–Crippen LogP) is 2.50. The standard InChI is InChI=1S/C18H20N4O/c1-21-10-7-14(8-11-21)13-2-4-15(5-3-13)16-12-22-17(20-16)6-9-19-18(22)23/h2-6,9,12,14H,7-8,10-11H2,1H3,(H,19,23). The van der Waals surface area contributed by atoms with Crippen molar-refractivity contribution < 1.29 is 0 Å². The highest BCUT2D eigenvalue weighted by atomic mass is 16.1. The minimum Gasteiger partial charge on any atom is -0.314 e. The van der Waals surface area contributed by atoms with Gasteiger partial charge < -0.3 is 9.88 Å². The van der Waals surface area contributed by atoms with Crippen LogP contribution in [0.15, 0.2) is 47.5 Å². The van der Waals surface area contributed by atoms with Crippen molar-refractivity contribution in [1.82, 2.24) is 19.3 Å². The molecule has 0 spiro atoms. The molecular weight excluding hydrogens is 288 g/mol. The third kappa shape index (κ3) is 2.68. The highest BCUT2D eigenvalue weighted by Gasteiger charge is 2.18. The minimum atomic E-state index is -0.163. The average Bonchev–Trinajstić information content (AvgIpc) is 3.01. The summed E-state index contributed by atoms with van der Waals surface area (Å²) in [5.41, 5.74) is 3.79. The van der Waals surface area contributed by atoms with Crippen molar-refractivity contribution in [2.45, 2.75) is 18.8 Å². The molecular formula is C18H20N4O. The Hall–Kier alpha value is -2.40. The lowest BCUT2D eigenvalue weighted by Gasteiger charge is -2.29. The van der Waals surface area contributed by atoms with Crippen LogP contribution in [0.1, 0.15) is 24.3 Å². The lowest BCUT2D eigenvalue weighted by atomic mass is 9.89. The van der Waals surface area contributed by atoms with Crippen molar-refractivity contribution in [2.75, 3.05) is 20.1 Å². The number of benzene rings is 1. The van der Waals surface area contributed by atoms with Crippen molar-refractivity contribution in [2.24, 2.45) is 0 Å². The third-order valence-corrected chi connectivity index (χ3v) is 4.79. The molecule has 2 aromatic heterocycles. The highest BCUT2D eigenvalue weighted by molar-refractivity contribution is 5.62. The summed E-state index contributed by atoms with van der Waals surface area (Å²) in [7, 11) is 2.18. The Morgan fingerprint density at radius 3 is 2.57 bits per heavy atom. The number of likely N-dealkylation sites (tertiary alicyclic amines) is 1. The maximum atomic E-state index is 11.8. The molecule has 0 aliphatic carbocycles. The highest BCUT2D eigenvalue weighted by Crippen LogP contribution is 2.29. The van der Waals surface area contributed by atoms with E-state index in [4.69, 9.17) is 0 Å². The fourth-order valence-electron chi connectivity index (χ4n) is 3.34. The molecule has 0 atom stereocenters. The summed E-state index contributed by atoms with van der Waals surface area (Å²) < 4.78 is 1.54. The molecule has 3 aromatic rings. The SMILES string of the molecule is CN1CCC(c2ccc(-c3cn4c(=O)[nH]ccc4n3)cc2)CC1. The van der Waals surface area contributed by atoms with Crippen LogP contribution in [0.3, 0.4) is 0 Å². The fourth-order valence-corrected chi connectivity index (χ4v) is 3.34. The van der Waals surface area contributed by atoms with Gasteiger partial charge in [0.2, 0.25) is 0 Å². The molecule has 5 nitrogen and oxygen atoms in total. The zero-order valence-electron chi connectivity index (χ0n) is 13.2. The Labute approximate surface area is 134 Å². The molecule has 1 aliphatic rings. The first-order valence-corrected chi connectivity index (χ1v) is 8.06. The second kappa shape index (κ2) is 5.66. The number of fused-ring (bicyclic) bond motifs is 1. The van der Waals surface area contributed by atoms with Crippen molar-refractivity contribution in [1.29, 1.82) is 0 Å². The van der Waals surface area contributed by atoms with Gasteiger partial charge in [-0.2, -0.15) is 0 Å².